The van der Waals surface area contributed by atoms with E-state index in [2.05, 4.69) is 31.9 Å². The standard InChI is InChI=1S/C13H8Br2OS/c14-10-3-1-9(2-4-10)12(16)7-5-11-6-8-13(15)17-11/h1-8H. The molecule has 1 heterocycles. The highest BCUT2D eigenvalue weighted by molar-refractivity contribution is 9.11. The average Bonchev–Trinajstić information content (AvgIpc) is 2.73. The number of halogens is 2. The SMILES string of the molecule is O=C(C=Cc1ccc(Br)s1)c1ccc(Br)cc1. The Bertz CT molecular complexity index is 555. The van der Waals surface area contributed by atoms with Gasteiger partial charge in [0, 0.05) is 14.9 Å². The highest BCUT2D eigenvalue weighted by Crippen LogP contribution is 2.23. The van der Waals surface area contributed by atoms with Gasteiger partial charge in [-0.2, -0.15) is 0 Å². The second-order valence-corrected chi connectivity index (χ2v) is 6.76. The fraction of sp³-hybridized carbons (Fsp3) is 0. The van der Waals surface area contributed by atoms with Crippen molar-refractivity contribution < 1.29 is 4.79 Å². The van der Waals surface area contributed by atoms with Crippen molar-refractivity contribution in [1.82, 2.24) is 0 Å². The van der Waals surface area contributed by atoms with Crippen molar-refractivity contribution in [3.05, 3.63) is 61.2 Å². The normalized spacial score (nSPS) is 10.9. The molecule has 1 aromatic carbocycles. The van der Waals surface area contributed by atoms with Gasteiger partial charge < -0.3 is 0 Å². The van der Waals surface area contributed by atoms with Crippen LogP contribution in [0.15, 0.2) is 50.7 Å². The summed E-state index contributed by atoms with van der Waals surface area (Å²) in [5.41, 5.74) is 0.695. The molecular formula is C13H8Br2OS. The Morgan fingerprint density at radius 2 is 1.76 bits per heavy atom. The predicted octanol–water partition coefficient (Wildman–Crippen LogP) is 5.17. The van der Waals surface area contributed by atoms with Crippen LogP contribution in [0.25, 0.3) is 6.08 Å². The van der Waals surface area contributed by atoms with Crippen molar-refractivity contribution in [2.75, 3.05) is 0 Å². The van der Waals surface area contributed by atoms with Crippen LogP contribution in [0.3, 0.4) is 0 Å². The summed E-state index contributed by atoms with van der Waals surface area (Å²) in [5.74, 6) is 0.0158. The van der Waals surface area contributed by atoms with Gasteiger partial charge in [0.1, 0.15) is 0 Å². The van der Waals surface area contributed by atoms with Gasteiger partial charge in [-0.3, -0.25) is 4.79 Å². The van der Waals surface area contributed by atoms with Crippen molar-refractivity contribution in [2.24, 2.45) is 0 Å². The van der Waals surface area contributed by atoms with Gasteiger partial charge in [-0.25, -0.2) is 0 Å². The van der Waals surface area contributed by atoms with Crippen molar-refractivity contribution in [3.8, 4) is 0 Å². The minimum atomic E-state index is 0.0158. The summed E-state index contributed by atoms with van der Waals surface area (Å²) < 4.78 is 2.04. The van der Waals surface area contributed by atoms with E-state index in [1.165, 1.54) is 0 Å². The lowest BCUT2D eigenvalue weighted by molar-refractivity contribution is 0.104. The lowest BCUT2D eigenvalue weighted by Crippen LogP contribution is -1.92. The van der Waals surface area contributed by atoms with E-state index in [4.69, 9.17) is 0 Å². The van der Waals surface area contributed by atoms with Crippen LogP contribution >= 0.6 is 43.2 Å². The van der Waals surface area contributed by atoms with E-state index >= 15 is 0 Å². The zero-order chi connectivity index (χ0) is 12.3. The van der Waals surface area contributed by atoms with Crippen LogP contribution in [0.5, 0.6) is 0 Å². The fourth-order valence-electron chi connectivity index (χ4n) is 1.29. The molecule has 0 unspecified atom stereocenters. The van der Waals surface area contributed by atoms with E-state index in [0.717, 1.165) is 13.1 Å². The molecule has 0 spiro atoms. The zero-order valence-electron chi connectivity index (χ0n) is 8.69. The van der Waals surface area contributed by atoms with E-state index in [9.17, 15) is 4.79 Å². The molecule has 0 saturated heterocycles. The molecule has 0 fully saturated rings. The van der Waals surface area contributed by atoms with Crippen LogP contribution in [-0.2, 0) is 0 Å². The third kappa shape index (κ3) is 3.63. The molecule has 0 aliphatic heterocycles. The van der Waals surface area contributed by atoms with Crippen LogP contribution < -0.4 is 0 Å². The molecule has 2 rings (SSSR count). The third-order valence-electron chi connectivity index (χ3n) is 2.12. The molecule has 0 bridgehead atoms. The fourth-order valence-corrected chi connectivity index (χ4v) is 2.88. The predicted molar refractivity (Wildman–Crippen MR) is 79.5 cm³/mol. The van der Waals surface area contributed by atoms with E-state index in [1.54, 1.807) is 29.5 Å². The first kappa shape index (κ1) is 12.7. The van der Waals surface area contributed by atoms with Gasteiger partial charge in [-0.1, -0.05) is 15.9 Å². The van der Waals surface area contributed by atoms with Crippen LogP contribution in [0.1, 0.15) is 15.2 Å². The molecule has 1 aromatic heterocycles. The Kier molecular flexibility index (Phi) is 4.31. The number of carbonyl (C=O) groups is 1. The topological polar surface area (TPSA) is 17.1 Å². The monoisotopic (exact) mass is 370 g/mol. The molecule has 17 heavy (non-hydrogen) atoms. The van der Waals surface area contributed by atoms with Crippen molar-refractivity contribution in [2.45, 2.75) is 0 Å². The Balaban J connectivity index is 2.11. The van der Waals surface area contributed by atoms with E-state index in [-0.39, 0.29) is 5.78 Å². The number of benzene rings is 1. The highest BCUT2D eigenvalue weighted by atomic mass is 79.9. The van der Waals surface area contributed by atoms with Gasteiger partial charge in [-0.15, -0.1) is 11.3 Å². The van der Waals surface area contributed by atoms with Crippen LogP contribution in [0.2, 0.25) is 0 Å². The first-order valence-corrected chi connectivity index (χ1v) is 7.29. The Morgan fingerprint density at radius 3 is 2.35 bits per heavy atom. The van der Waals surface area contributed by atoms with Gasteiger partial charge in [-0.05, 0) is 64.5 Å². The summed E-state index contributed by atoms with van der Waals surface area (Å²) in [6, 6.07) is 11.3. The van der Waals surface area contributed by atoms with E-state index < -0.39 is 0 Å². The Labute approximate surface area is 120 Å². The quantitative estimate of drug-likeness (QED) is 0.537. The molecule has 4 heteroatoms. The second kappa shape index (κ2) is 5.76. The number of hydrogen-bond donors (Lipinski definition) is 0. The zero-order valence-corrected chi connectivity index (χ0v) is 12.7. The lowest BCUT2D eigenvalue weighted by atomic mass is 10.1. The van der Waals surface area contributed by atoms with Crippen molar-refractivity contribution in [3.63, 3.8) is 0 Å². The largest absolute Gasteiger partial charge is 0.289 e. The summed E-state index contributed by atoms with van der Waals surface area (Å²) in [7, 11) is 0. The summed E-state index contributed by atoms with van der Waals surface area (Å²) in [5, 5.41) is 0. The number of ketones is 1. The van der Waals surface area contributed by atoms with Gasteiger partial charge in [0.15, 0.2) is 5.78 Å². The lowest BCUT2D eigenvalue weighted by Gasteiger charge is -1.95. The molecule has 0 radical (unpaired) electrons. The first-order chi connectivity index (χ1) is 8.15. The maximum Gasteiger partial charge on any atom is 0.185 e. The van der Waals surface area contributed by atoms with Crippen LogP contribution in [-0.4, -0.2) is 5.78 Å². The molecule has 0 aliphatic rings. The minimum Gasteiger partial charge on any atom is -0.289 e. The van der Waals surface area contributed by atoms with Gasteiger partial charge in [0.05, 0.1) is 3.79 Å². The maximum absolute atomic E-state index is 11.8. The second-order valence-electron chi connectivity index (χ2n) is 3.35. The number of thiophene rings is 1. The number of rotatable bonds is 3. The molecule has 1 nitrogen and oxygen atoms in total. The summed E-state index contributed by atoms with van der Waals surface area (Å²) in [6.07, 6.45) is 3.43. The summed E-state index contributed by atoms with van der Waals surface area (Å²) in [6.45, 7) is 0. The molecular weight excluding hydrogens is 364 g/mol. The minimum absolute atomic E-state index is 0.0158. The molecule has 0 saturated carbocycles. The average molecular weight is 372 g/mol. The van der Waals surface area contributed by atoms with Crippen molar-refractivity contribution in [1.29, 1.82) is 0 Å². The molecule has 2 aromatic rings. The smallest absolute Gasteiger partial charge is 0.185 e. The van der Waals surface area contributed by atoms with Gasteiger partial charge in [0.25, 0.3) is 0 Å². The van der Waals surface area contributed by atoms with Crippen LogP contribution in [0, 0.1) is 0 Å². The molecule has 86 valence electrons. The maximum atomic E-state index is 11.8. The molecule has 0 N–H and O–H groups in total. The van der Waals surface area contributed by atoms with E-state index in [1.807, 2.05) is 30.3 Å². The van der Waals surface area contributed by atoms with Crippen molar-refractivity contribution >= 4 is 55.1 Å². The molecule has 0 amide bonds. The van der Waals surface area contributed by atoms with Crippen LogP contribution in [0.4, 0.5) is 0 Å². The Morgan fingerprint density at radius 1 is 1.06 bits per heavy atom. The molecule has 0 aliphatic carbocycles. The Hall–Kier alpha value is -0.710. The van der Waals surface area contributed by atoms with Gasteiger partial charge >= 0.3 is 0 Å². The first-order valence-electron chi connectivity index (χ1n) is 4.88. The number of allylic oxidation sites excluding steroid dienone is 1. The number of carbonyl (C=O) groups excluding carboxylic acids is 1. The van der Waals surface area contributed by atoms with E-state index in [0.29, 0.717) is 5.56 Å². The number of hydrogen-bond acceptors (Lipinski definition) is 2. The summed E-state index contributed by atoms with van der Waals surface area (Å²) in [4.78, 5) is 12.9. The molecule has 0 atom stereocenters. The summed E-state index contributed by atoms with van der Waals surface area (Å²) >= 11 is 8.32. The highest BCUT2D eigenvalue weighted by Gasteiger charge is 2.01. The third-order valence-corrected chi connectivity index (χ3v) is 4.24. The van der Waals surface area contributed by atoms with Gasteiger partial charge in [0.2, 0.25) is 0 Å².